The molecule has 34 heavy (non-hydrogen) atoms. The van der Waals surface area contributed by atoms with E-state index in [1.54, 1.807) is 0 Å². The predicted octanol–water partition coefficient (Wildman–Crippen LogP) is 5.83. The van der Waals surface area contributed by atoms with Crippen LogP contribution in [-0.4, -0.2) is 20.2 Å². The summed E-state index contributed by atoms with van der Waals surface area (Å²) in [7, 11) is -3.80. The molecule has 2 amide bonds. The van der Waals surface area contributed by atoms with Crippen LogP contribution >= 0.6 is 0 Å². The van der Waals surface area contributed by atoms with Crippen LogP contribution in [0.5, 0.6) is 0 Å². The Kier molecular flexibility index (Phi) is 19.0. The van der Waals surface area contributed by atoms with Gasteiger partial charge in [-0.1, -0.05) is 96.8 Å². The van der Waals surface area contributed by atoms with Crippen LogP contribution in [0, 0.1) is 0 Å². The van der Waals surface area contributed by atoms with Gasteiger partial charge >= 0.3 is 0 Å². The highest BCUT2D eigenvalue weighted by Gasteiger charge is 2.16. The molecule has 0 saturated heterocycles. The molecular formula is C26H47N3O4S. The van der Waals surface area contributed by atoms with Crippen molar-refractivity contribution in [3.05, 3.63) is 24.3 Å². The number of primary amides is 1. The number of rotatable bonds is 18. The van der Waals surface area contributed by atoms with Crippen LogP contribution < -0.4 is 16.2 Å². The number of anilines is 1. The number of hydrogen-bond donors (Lipinski definition) is 3. The van der Waals surface area contributed by atoms with Crippen molar-refractivity contribution in [3.8, 4) is 0 Å². The van der Waals surface area contributed by atoms with Gasteiger partial charge in [-0.25, -0.2) is 13.1 Å². The Hall–Kier alpha value is -2.09. The monoisotopic (exact) mass is 497 g/mol. The molecule has 7 nitrogen and oxygen atoms in total. The minimum atomic E-state index is -3.80. The zero-order chi connectivity index (χ0) is 25.7. The van der Waals surface area contributed by atoms with Gasteiger partial charge in [-0.2, -0.15) is 0 Å². The number of carbonyl (C=O) groups is 2. The van der Waals surface area contributed by atoms with E-state index in [4.69, 9.17) is 5.73 Å². The van der Waals surface area contributed by atoms with Crippen LogP contribution in [0.1, 0.15) is 117 Å². The van der Waals surface area contributed by atoms with E-state index in [9.17, 15) is 18.0 Å². The SMILES string of the molecule is CC(N)=O.CCCCCCCCCCCCCCCCCC(=O)NS(=O)(=O)c1ccc(N)cc1. The Balaban J connectivity index is 0.00000251. The van der Waals surface area contributed by atoms with Crippen molar-refractivity contribution in [1.29, 1.82) is 0 Å². The average molecular weight is 498 g/mol. The number of nitrogens with one attached hydrogen (secondary N) is 1. The van der Waals surface area contributed by atoms with Crippen molar-refractivity contribution in [2.24, 2.45) is 5.73 Å². The maximum Gasteiger partial charge on any atom is 0.264 e. The molecule has 0 unspecified atom stereocenters. The van der Waals surface area contributed by atoms with Gasteiger partial charge in [0.15, 0.2) is 0 Å². The summed E-state index contributed by atoms with van der Waals surface area (Å²) in [6.45, 7) is 3.56. The molecule has 8 heteroatoms. The molecule has 0 saturated carbocycles. The van der Waals surface area contributed by atoms with Crippen molar-refractivity contribution in [3.63, 3.8) is 0 Å². The lowest BCUT2D eigenvalue weighted by Crippen LogP contribution is -2.30. The first-order chi connectivity index (χ1) is 16.2. The number of benzene rings is 1. The topological polar surface area (TPSA) is 132 Å². The highest BCUT2D eigenvalue weighted by atomic mass is 32.2. The molecule has 0 radical (unpaired) electrons. The van der Waals surface area contributed by atoms with Crippen LogP contribution in [0.3, 0.4) is 0 Å². The number of nitrogens with two attached hydrogens (primary N) is 2. The molecule has 196 valence electrons. The second-order valence-corrected chi connectivity index (χ2v) is 10.6. The van der Waals surface area contributed by atoms with Crippen LogP contribution in [0.2, 0.25) is 0 Å². The van der Waals surface area contributed by atoms with Gasteiger partial charge in [-0.3, -0.25) is 9.59 Å². The van der Waals surface area contributed by atoms with E-state index in [0.717, 1.165) is 19.3 Å². The van der Waals surface area contributed by atoms with Gasteiger partial charge in [0.05, 0.1) is 4.90 Å². The minimum absolute atomic E-state index is 0.0570. The molecular weight excluding hydrogens is 450 g/mol. The number of nitrogen functional groups attached to an aromatic ring is 1. The Morgan fingerprint density at radius 1 is 0.735 bits per heavy atom. The lowest BCUT2D eigenvalue weighted by Gasteiger charge is -2.07. The van der Waals surface area contributed by atoms with Crippen molar-refractivity contribution >= 4 is 27.5 Å². The maximum atomic E-state index is 12.1. The fourth-order valence-corrected chi connectivity index (χ4v) is 4.58. The molecule has 0 aliphatic heterocycles. The third-order valence-electron chi connectivity index (χ3n) is 5.45. The van der Waals surface area contributed by atoms with Gasteiger partial charge < -0.3 is 11.5 Å². The van der Waals surface area contributed by atoms with Gasteiger partial charge in [-0.15, -0.1) is 0 Å². The zero-order valence-corrected chi connectivity index (χ0v) is 22.1. The zero-order valence-electron chi connectivity index (χ0n) is 21.3. The fraction of sp³-hybridized carbons (Fsp3) is 0.692. The maximum absolute atomic E-state index is 12.1. The van der Waals surface area contributed by atoms with Gasteiger partial charge in [0.2, 0.25) is 11.8 Å². The van der Waals surface area contributed by atoms with E-state index in [0.29, 0.717) is 5.69 Å². The van der Waals surface area contributed by atoms with E-state index in [1.807, 2.05) is 0 Å². The summed E-state index contributed by atoms with van der Waals surface area (Å²) in [6, 6.07) is 5.82. The van der Waals surface area contributed by atoms with Crippen molar-refractivity contribution in [1.82, 2.24) is 4.72 Å². The standard InChI is InChI=1S/C24H42N2O3S.C2H5NO/c1-2-3-4-5-6-7-8-9-10-11-12-13-14-15-16-17-24(27)26-30(28,29)23-20-18-22(25)19-21-23;1-2(3)4/h18-21H,2-17,25H2,1H3,(H,26,27);1H3,(H2,3,4). The predicted molar refractivity (Wildman–Crippen MR) is 141 cm³/mol. The normalized spacial score (nSPS) is 10.9. The summed E-state index contributed by atoms with van der Waals surface area (Å²) in [5, 5.41) is 0. The average Bonchev–Trinajstić information content (AvgIpc) is 2.76. The second-order valence-electron chi connectivity index (χ2n) is 8.91. The first-order valence-corrected chi connectivity index (χ1v) is 14.3. The first kappa shape index (κ1) is 31.9. The lowest BCUT2D eigenvalue weighted by molar-refractivity contribution is -0.119. The number of amides is 2. The highest BCUT2D eigenvalue weighted by molar-refractivity contribution is 7.90. The summed E-state index contributed by atoms with van der Waals surface area (Å²) in [6.07, 6.45) is 19.2. The minimum Gasteiger partial charge on any atom is -0.399 e. The van der Waals surface area contributed by atoms with E-state index in [-0.39, 0.29) is 17.2 Å². The number of sulfonamides is 1. The number of hydrogen-bond acceptors (Lipinski definition) is 5. The quantitative estimate of drug-likeness (QED) is 0.173. The molecule has 0 aliphatic rings. The molecule has 5 N–H and O–H groups in total. The summed E-state index contributed by atoms with van der Waals surface area (Å²) < 4.78 is 26.4. The van der Waals surface area contributed by atoms with Gasteiger partial charge in [0.1, 0.15) is 0 Å². The summed E-state index contributed by atoms with van der Waals surface area (Å²) >= 11 is 0. The van der Waals surface area contributed by atoms with Crippen molar-refractivity contribution in [2.45, 2.75) is 121 Å². The third-order valence-corrected chi connectivity index (χ3v) is 6.84. The number of unbranched alkanes of at least 4 members (excludes halogenated alkanes) is 14. The van der Waals surface area contributed by atoms with Crippen molar-refractivity contribution < 1.29 is 18.0 Å². The van der Waals surface area contributed by atoms with Crippen molar-refractivity contribution in [2.75, 3.05) is 5.73 Å². The Morgan fingerprint density at radius 3 is 1.47 bits per heavy atom. The molecule has 1 rings (SSSR count). The molecule has 0 aromatic heterocycles. The summed E-state index contributed by atoms with van der Waals surface area (Å²) in [5.41, 5.74) is 10.5. The van der Waals surface area contributed by atoms with Gasteiger partial charge in [0, 0.05) is 19.0 Å². The van der Waals surface area contributed by atoms with E-state index < -0.39 is 15.9 Å². The molecule has 1 aromatic rings. The van der Waals surface area contributed by atoms with E-state index >= 15 is 0 Å². The van der Waals surface area contributed by atoms with Gasteiger partial charge in [-0.05, 0) is 30.7 Å². The van der Waals surface area contributed by atoms with Gasteiger partial charge in [0.25, 0.3) is 10.0 Å². The number of carbonyl (C=O) groups excluding carboxylic acids is 2. The van der Waals surface area contributed by atoms with Crippen LogP contribution in [0.25, 0.3) is 0 Å². The molecule has 0 heterocycles. The first-order valence-electron chi connectivity index (χ1n) is 12.9. The molecule has 1 aromatic carbocycles. The molecule has 0 atom stereocenters. The van der Waals surface area contributed by atoms with Crippen LogP contribution in [0.4, 0.5) is 5.69 Å². The molecule has 0 aliphatic carbocycles. The third kappa shape index (κ3) is 19.4. The Labute approximate surface area is 207 Å². The smallest absolute Gasteiger partial charge is 0.264 e. The lowest BCUT2D eigenvalue weighted by atomic mass is 10.0. The van der Waals surface area contributed by atoms with E-state index in [1.165, 1.54) is 108 Å². The summed E-state index contributed by atoms with van der Waals surface area (Å²) in [5.74, 6) is -0.776. The Morgan fingerprint density at radius 2 is 1.09 bits per heavy atom. The molecule has 0 spiro atoms. The van der Waals surface area contributed by atoms with E-state index in [2.05, 4.69) is 17.4 Å². The van der Waals surface area contributed by atoms with Crippen LogP contribution in [-0.2, 0) is 19.6 Å². The second kappa shape index (κ2) is 20.3. The molecule has 0 bridgehead atoms. The van der Waals surface area contributed by atoms with Crippen LogP contribution in [0.15, 0.2) is 29.2 Å². The summed E-state index contributed by atoms with van der Waals surface area (Å²) in [4.78, 5) is 21.2. The fourth-order valence-electron chi connectivity index (χ4n) is 3.56. The highest BCUT2D eigenvalue weighted by Crippen LogP contribution is 2.14. The Bertz CT molecular complexity index is 761. The largest absolute Gasteiger partial charge is 0.399 e. The molecule has 0 fully saturated rings.